The maximum Gasteiger partial charge on any atom is 0.264 e. The molecule has 27 heavy (non-hydrogen) atoms. The van der Waals surface area contributed by atoms with Gasteiger partial charge in [-0.05, 0) is 62.1 Å². The molecule has 0 saturated heterocycles. The molecule has 0 aliphatic heterocycles. The molecule has 0 aromatic heterocycles. The van der Waals surface area contributed by atoms with Crippen LogP contribution in [0.4, 0.5) is 5.69 Å². The molecule has 0 atom stereocenters. The number of methoxy groups -OCH3 is 2. The summed E-state index contributed by atoms with van der Waals surface area (Å²) in [6.07, 6.45) is 4.73. The second-order valence-corrected chi connectivity index (χ2v) is 8.48. The minimum Gasteiger partial charge on any atom is -0.493 e. The zero-order valence-corrected chi connectivity index (χ0v) is 16.7. The molecule has 146 valence electrons. The Balaban J connectivity index is 1.80. The van der Waals surface area contributed by atoms with Crippen molar-refractivity contribution in [2.45, 2.75) is 36.7 Å². The minimum absolute atomic E-state index is 0.207. The summed E-state index contributed by atoms with van der Waals surface area (Å²) < 4.78 is 43.5. The van der Waals surface area contributed by atoms with Crippen molar-refractivity contribution in [3.8, 4) is 17.2 Å². The third kappa shape index (κ3) is 4.13. The largest absolute Gasteiger partial charge is 0.493 e. The summed E-state index contributed by atoms with van der Waals surface area (Å²) in [5, 5.41) is 0. The average molecular weight is 391 g/mol. The third-order valence-electron chi connectivity index (χ3n) is 4.82. The average Bonchev–Trinajstić information content (AvgIpc) is 3.20. The van der Waals surface area contributed by atoms with Gasteiger partial charge in [0, 0.05) is 13.1 Å². The maximum atomic E-state index is 13.0. The van der Waals surface area contributed by atoms with Crippen molar-refractivity contribution < 1.29 is 22.6 Å². The van der Waals surface area contributed by atoms with E-state index in [2.05, 4.69) is 0 Å². The summed E-state index contributed by atoms with van der Waals surface area (Å²) >= 11 is 0. The van der Waals surface area contributed by atoms with Crippen molar-refractivity contribution in [3.63, 3.8) is 0 Å². The lowest BCUT2D eigenvalue weighted by molar-refractivity contribution is 0.210. The number of nitrogens with zero attached hydrogens (tertiary/aromatic N) is 1. The number of benzene rings is 2. The minimum atomic E-state index is -3.70. The fourth-order valence-corrected chi connectivity index (χ4v) is 4.39. The molecule has 0 bridgehead atoms. The zero-order valence-electron chi connectivity index (χ0n) is 15.8. The van der Waals surface area contributed by atoms with Gasteiger partial charge in [-0.15, -0.1) is 0 Å². The van der Waals surface area contributed by atoms with Crippen LogP contribution in [-0.2, 0) is 10.0 Å². The first-order chi connectivity index (χ1) is 13.0. The first-order valence-electron chi connectivity index (χ1n) is 8.93. The van der Waals surface area contributed by atoms with E-state index in [4.69, 9.17) is 14.2 Å². The summed E-state index contributed by atoms with van der Waals surface area (Å²) in [6, 6.07) is 11.6. The molecular weight excluding hydrogens is 366 g/mol. The molecule has 0 N–H and O–H groups in total. The van der Waals surface area contributed by atoms with Crippen LogP contribution in [0.15, 0.2) is 47.4 Å². The molecule has 6 nitrogen and oxygen atoms in total. The lowest BCUT2D eigenvalue weighted by Gasteiger charge is -2.21. The summed E-state index contributed by atoms with van der Waals surface area (Å²) in [6.45, 7) is 0. The lowest BCUT2D eigenvalue weighted by Crippen LogP contribution is -2.26. The monoisotopic (exact) mass is 391 g/mol. The number of hydrogen-bond acceptors (Lipinski definition) is 5. The van der Waals surface area contributed by atoms with E-state index in [1.807, 2.05) is 0 Å². The van der Waals surface area contributed by atoms with Crippen molar-refractivity contribution in [1.29, 1.82) is 0 Å². The second kappa shape index (κ2) is 8.08. The van der Waals surface area contributed by atoms with E-state index in [0.717, 1.165) is 12.8 Å². The first-order valence-corrected chi connectivity index (χ1v) is 10.4. The quantitative estimate of drug-likeness (QED) is 0.717. The fourth-order valence-electron chi connectivity index (χ4n) is 3.21. The molecule has 1 aliphatic rings. The van der Waals surface area contributed by atoms with Gasteiger partial charge in [-0.1, -0.05) is 0 Å². The summed E-state index contributed by atoms with van der Waals surface area (Å²) in [4.78, 5) is 0.207. The van der Waals surface area contributed by atoms with E-state index in [1.165, 1.54) is 38.4 Å². The number of rotatable bonds is 7. The highest BCUT2D eigenvalue weighted by atomic mass is 32.2. The number of anilines is 1. The van der Waals surface area contributed by atoms with Gasteiger partial charge in [0.1, 0.15) is 5.75 Å². The van der Waals surface area contributed by atoms with Crippen LogP contribution >= 0.6 is 0 Å². The normalized spacial score (nSPS) is 14.8. The van der Waals surface area contributed by atoms with Crippen LogP contribution in [0.3, 0.4) is 0 Å². The van der Waals surface area contributed by atoms with Gasteiger partial charge in [-0.25, -0.2) is 8.42 Å². The Kier molecular flexibility index (Phi) is 5.79. The zero-order chi connectivity index (χ0) is 19.4. The summed E-state index contributed by atoms with van der Waals surface area (Å²) in [5.41, 5.74) is 0.485. The van der Waals surface area contributed by atoms with E-state index in [0.29, 0.717) is 22.9 Å². The van der Waals surface area contributed by atoms with Crippen molar-refractivity contribution in [2.75, 3.05) is 25.6 Å². The molecule has 1 saturated carbocycles. The van der Waals surface area contributed by atoms with Crippen LogP contribution in [0.2, 0.25) is 0 Å². The van der Waals surface area contributed by atoms with Gasteiger partial charge >= 0.3 is 0 Å². The van der Waals surface area contributed by atoms with Crippen LogP contribution < -0.4 is 18.5 Å². The molecule has 2 aromatic carbocycles. The Morgan fingerprint density at radius 2 is 1.56 bits per heavy atom. The Labute approximate surface area is 160 Å². The van der Waals surface area contributed by atoms with E-state index >= 15 is 0 Å². The second-order valence-electron chi connectivity index (χ2n) is 6.51. The van der Waals surface area contributed by atoms with Crippen molar-refractivity contribution in [1.82, 2.24) is 0 Å². The van der Waals surface area contributed by atoms with Crippen LogP contribution in [0.1, 0.15) is 25.7 Å². The molecule has 3 rings (SSSR count). The predicted octanol–water partition coefficient (Wildman–Crippen LogP) is 3.85. The summed E-state index contributed by atoms with van der Waals surface area (Å²) in [7, 11) is 0.862. The lowest BCUT2D eigenvalue weighted by atomic mass is 10.3. The van der Waals surface area contributed by atoms with Gasteiger partial charge < -0.3 is 14.2 Å². The summed E-state index contributed by atoms with van der Waals surface area (Å²) in [5.74, 6) is 1.72. The number of ether oxygens (including phenoxy) is 3. The highest BCUT2D eigenvalue weighted by molar-refractivity contribution is 7.92. The van der Waals surface area contributed by atoms with Crippen molar-refractivity contribution >= 4 is 15.7 Å². The van der Waals surface area contributed by atoms with Gasteiger partial charge in [0.2, 0.25) is 0 Å². The maximum absolute atomic E-state index is 13.0. The molecule has 0 spiro atoms. The molecule has 1 aliphatic carbocycles. The predicted molar refractivity (Wildman–Crippen MR) is 104 cm³/mol. The molecular formula is C20H25NO5S. The molecule has 7 heteroatoms. The van der Waals surface area contributed by atoms with Crippen LogP contribution in [0.25, 0.3) is 0 Å². The standard InChI is InChI=1S/C20H25NO5S/c1-21(15-8-13-19(24-2)20(14-15)25-3)27(22,23)18-11-9-17(10-12-18)26-16-6-4-5-7-16/h8-14,16H,4-7H2,1-3H3. The molecule has 0 heterocycles. The first kappa shape index (κ1) is 19.4. The van der Waals surface area contributed by atoms with Crippen LogP contribution in [0.5, 0.6) is 17.2 Å². The van der Waals surface area contributed by atoms with Crippen LogP contribution in [-0.4, -0.2) is 35.8 Å². The Morgan fingerprint density at radius 1 is 0.926 bits per heavy atom. The molecule has 0 radical (unpaired) electrons. The van der Waals surface area contributed by atoms with Crippen LogP contribution in [0, 0.1) is 0 Å². The van der Waals surface area contributed by atoms with E-state index in [1.54, 1.807) is 42.5 Å². The van der Waals surface area contributed by atoms with Gasteiger partial charge in [0.05, 0.1) is 30.9 Å². The van der Waals surface area contributed by atoms with Gasteiger partial charge in [-0.2, -0.15) is 0 Å². The molecule has 2 aromatic rings. The highest BCUT2D eigenvalue weighted by Gasteiger charge is 2.23. The third-order valence-corrected chi connectivity index (χ3v) is 6.62. The van der Waals surface area contributed by atoms with Crippen molar-refractivity contribution in [3.05, 3.63) is 42.5 Å². The SMILES string of the molecule is COc1ccc(N(C)S(=O)(=O)c2ccc(OC3CCCC3)cc2)cc1OC. The Bertz CT molecular complexity index is 874. The number of hydrogen-bond donors (Lipinski definition) is 0. The molecule has 1 fully saturated rings. The van der Waals surface area contributed by atoms with E-state index < -0.39 is 10.0 Å². The van der Waals surface area contributed by atoms with Gasteiger partial charge in [0.25, 0.3) is 10.0 Å². The van der Waals surface area contributed by atoms with Gasteiger partial charge in [-0.3, -0.25) is 4.31 Å². The Hall–Kier alpha value is -2.41. The topological polar surface area (TPSA) is 65.1 Å². The number of sulfonamides is 1. The van der Waals surface area contributed by atoms with Gasteiger partial charge in [0.15, 0.2) is 11.5 Å². The smallest absolute Gasteiger partial charge is 0.264 e. The molecule has 0 unspecified atom stereocenters. The van der Waals surface area contributed by atoms with E-state index in [9.17, 15) is 8.42 Å². The Morgan fingerprint density at radius 3 is 2.15 bits per heavy atom. The molecule has 0 amide bonds. The fraction of sp³-hybridized carbons (Fsp3) is 0.400. The highest BCUT2D eigenvalue weighted by Crippen LogP contribution is 2.33. The van der Waals surface area contributed by atoms with E-state index in [-0.39, 0.29) is 11.0 Å². The van der Waals surface area contributed by atoms with Crippen molar-refractivity contribution in [2.24, 2.45) is 0 Å².